The number of nitrogens with zero attached hydrogens (tertiary/aromatic N) is 2. The molecule has 0 saturated heterocycles. The third-order valence-corrected chi connectivity index (χ3v) is 8.73. The molecule has 2 rings (SSSR count). The van der Waals surface area contributed by atoms with Crippen molar-refractivity contribution in [2.24, 2.45) is 0 Å². The Kier molecular flexibility index (Phi) is 4.86. The summed E-state index contributed by atoms with van der Waals surface area (Å²) < 4.78 is 4.89. The van der Waals surface area contributed by atoms with Gasteiger partial charge in [0.15, 0.2) is 0 Å². The molecular formula is C18H24N2Si. The van der Waals surface area contributed by atoms with Gasteiger partial charge in [0.05, 0.1) is 0 Å². The Morgan fingerprint density at radius 1 is 0.857 bits per heavy atom. The molecule has 0 N–H and O–H groups in total. The number of rotatable bonds is 6. The molecule has 2 aromatic carbocycles. The second-order valence-corrected chi connectivity index (χ2v) is 9.68. The highest BCUT2D eigenvalue weighted by atomic mass is 28.3. The van der Waals surface area contributed by atoms with Crippen LogP contribution in [0.15, 0.2) is 73.3 Å². The molecule has 0 fully saturated rings. The van der Waals surface area contributed by atoms with Crippen LogP contribution >= 0.6 is 0 Å². The number of allylic oxidation sites excluding steroid dienone is 1. The first-order chi connectivity index (χ1) is 10.1. The van der Waals surface area contributed by atoms with Crippen LogP contribution in [-0.2, 0) is 0 Å². The molecule has 0 unspecified atom stereocenters. The van der Waals surface area contributed by atoms with Gasteiger partial charge in [-0.2, -0.15) is 0 Å². The van der Waals surface area contributed by atoms with Gasteiger partial charge < -0.3 is 9.13 Å². The smallest absolute Gasteiger partial charge is 0.264 e. The third-order valence-electron chi connectivity index (χ3n) is 4.26. The lowest BCUT2D eigenvalue weighted by molar-refractivity contribution is 1.12. The first kappa shape index (κ1) is 15.4. The summed E-state index contributed by atoms with van der Waals surface area (Å²) in [7, 11) is 2.51. The van der Waals surface area contributed by atoms with Crippen molar-refractivity contribution in [3.8, 4) is 0 Å². The minimum Gasteiger partial charge on any atom is -0.384 e. The van der Waals surface area contributed by atoms with Gasteiger partial charge in [0.1, 0.15) is 0 Å². The van der Waals surface area contributed by atoms with Crippen LogP contribution < -0.4 is 9.13 Å². The van der Waals surface area contributed by atoms with E-state index in [1.54, 1.807) is 0 Å². The minimum absolute atomic E-state index is 1.00. The van der Waals surface area contributed by atoms with Crippen molar-refractivity contribution in [3.05, 3.63) is 73.3 Å². The fourth-order valence-corrected chi connectivity index (χ4v) is 5.59. The molecule has 0 spiro atoms. The molecular weight excluding hydrogens is 272 g/mol. The van der Waals surface area contributed by atoms with Crippen molar-refractivity contribution in [2.45, 2.75) is 12.6 Å². The molecule has 0 aliphatic carbocycles. The maximum Gasteiger partial charge on any atom is 0.264 e. The van der Waals surface area contributed by atoms with Gasteiger partial charge in [0.2, 0.25) is 0 Å². The van der Waals surface area contributed by atoms with Crippen molar-refractivity contribution in [1.29, 1.82) is 0 Å². The van der Waals surface area contributed by atoms with Crippen LogP contribution in [0.3, 0.4) is 0 Å². The molecule has 0 amide bonds. The van der Waals surface area contributed by atoms with E-state index >= 15 is 0 Å². The van der Waals surface area contributed by atoms with E-state index in [0.717, 1.165) is 6.04 Å². The Balaban J connectivity index is 2.38. The molecule has 2 nitrogen and oxygen atoms in total. The number of hydrogen-bond acceptors (Lipinski definition) is 2. The summed E-state index contributed by atoms with van der Waals surface area (Å²) in [5.74, 6) is 0. The monoisotopic (exact) mass is 296 g/mol. The summed E-state index contributed by atoms with van der Waals surface area (Å²) in [6.07, 6.45) is 2.05. The Hall–Kier alpha value is -2.00. The molecule has 0 atom stereocenters. The van der Waals surface area contributed by atoms with Gasteiger partial charge in [0.25, 0.3) is 8.40 Å². The van der Waals surface area contributed by atoms with Crippen molar-refractivity contribution in [3.63, 3.8) is 0 Å². The van der Waals surface area contributed by atoms with Gasteiger partial charge in [-0.25, -0.2) is 0 Å². The Morgan fingerprint density at radius 2 is 1.24 bits per heavy atom. The fourth-order valence-electron chi connectivity index (χ4n) is 2.63. The quantitative estimate of drug-likeness (QED) is 0.571. The van der Waals surface area contributed by atoms with E-state index in [0.29, 0.717) is 0 Å². The summed E-state index contributed by atoms with van der Waals surface area (Å²) in [5.41, 5.74) is 2.52. The highest BCUT2D eigenvalue weighted by molar-refractivity contribution is 6.85. The van der Waals surface area contributed by atoms with Crippen LogP contribution in [0.4, 0.5) is 11.4 Å². The van der Waals surface area contributed by atoms with Crippen molar-refractivity contribution in [2.75, 3.05) is 23.2 Å². The summed E-state index contributed by atoms with van der Waals surface area (Å²) in [5, 5.41) is 0. The second-order valence-electron chi connectivity index (χ2n) is 5.50. The standard InChI is InChI=1S/C18H24N2Si/c1-5-16-21(4,19(2)17-12-8-6-9-13-17)20(3)18-14-10-7-11-15-18/h5-15H,1,16H2,2-4H3. The third kappa shape index (κ3) is 3.19. The van der Waals surface area contributed by atoms with E-state index in [1.165, 1.54) is 11.4 Å². The zero-order valence-electron chi connectivity index (χ0n) is 13.2. The van der Waals surface area contributed by atoms with Crippen LogP contribution in [0, 0.1) is 0 Å². The highest BCUT2D eigenvalue weighted by Crippen LogP contribution is 2.28. The van der Waals surface area contributed by atoms with Crippen molar-refractivity contribution >= 4 is 19.8 Å². The zero-order chi connectivity index (χ0) is 15.3. The summed E-state index contributed by atoms with van der Waals surface area (Å²) >= 11 is 0. The number of para-hydroxylation sites is 2. The number of hydrogen-bond donors (Lipinski definition) is 0. The van der Waals surface area contributed by atoms with Crippen LogP contribution in [0.5, 0.6) is 0 Å². The van der Waals surface area contributed by atoms with E-state index in [9.17, 15) is 0 Å². The van der Waals surface area contributed by atoms with E-state index in [-0.39, 0.29) is 0 Å². The lowest BCUT2D eigenvalue weighted by Gasteiger charge is -2.45. The lowest BCUT2D eigenvalue weighted by atomic mass is 10.3. The van der Waals surface area contributed by atoms with Crippen molar-refractivity contribution < 1.29 is 0 Å². The maximum atomic E-state index is 3.98. The molecule has 0 bridgehead atoms. The normalized spacial score (nSPS) is 11.0. The van der Waals surface area contributed by atoms with Gasteiger partial charge in [-0.05, 0) is 51.0 Å². The zero-order valence-corrected chi connectivity index (χ0v) is 14.2. The second kappa shape index (κ2) is 6.63. The predicted octanol–water partition coefficient (Wildman–Crippen LogP) is 4.52. The van der Waals surface area contributed by atoms with Crippen LogP contribution in [0.1, 0.15) is 0 Å². The average Bonchev–Trinajstić information content (AvgIpc) is 2.55. The number of anilines is 2. The largest absolute Gasteiger partial charge is 0.384 e. The van der Waals surface area contributed by atoms with E-state index in [1.807, 2.05) is 6.08 Å². The molecule has 0 aromatic heterocycles. The van der Waals surface area contributed by atoms with Crippen molar-refractivity contribution in [1.82, 2.24) is 0 Å². The molecule has 21 heavy (non-hydrogen) atoms. The SMILES string of the molecule is C=CC[Si](C)(N(C)c1ccccc1)N(C)c1ccccc1. The molecule has 0 aliphatic rings. The minimum atomic E-state index is -1.89. The maximum absolute atomic E-state index is 3.98. The summed E-state index contributed by atoms with van der Waals surface area (Å²) in [6, 6.07) is 22.2. The van der Waals surface area contributed by atoms with Gasteiger partial charge in [-0.1, -0.05) is 42.5 Å². The molecule has 2 aromatic rings. The molecule has 0 heterocycles. The summed E-state index contributed by atoms with van der Waals surface area (Å²) in [4.78, 5) is 0. The molecule has 3 heteroatoms. The van der Waals surface area contributed by atoms with E-state index in [2.05, 4.69) is 97.0 Å². The van der Waals surface area contributed by atoms with Gasteiger partial charge in [-0.3, -0.25) is 0 Å². The summed E-state index contributed by atoms with van der Waals surface area (Å²) in [6.45, 7) is 6.36. The molecule has 0 saturated carbocycles. The molecule has 0 radical (unpaired) electrons. The molecule has 0 aliphatic heterocycles. The lowest BCUT2D eigenvalue weighted by Crippen LogP contribution is -2.61. The van der Waals surface area contributed by atoms with Crippen LogP contribution in [0.2, 0.25) is 12.6 Å². The first-order valence-corrected chi connectivity index (χ1v) is 9.88. The molecule has 110 valence electrons. The topological polar surface area (TPSA) is 6.48 Å². The highest BCUT2D eigenvalue weighted by Gasteiger charge is 2.37. The van der Waals surface area contributed by atoms with E-state index < -0.39 is 8.40 Å². The van der Waals surface area contributed by atoms with Gasteiger partial charge in [-0.15, -0.1) is 6.58 Å². The van der Waals surface area contributed by atoms with Crippen LogP contribution in [-0.4, -0.2) is 22.5 Å². The van der Waals surface area contributed by atoms with Crippen LogP contribution in [0.25, 0.3) is 0 Å². The first-order valence-electron chi connectivity index (χ1n) is 7.28. The predicted molar refractivity (Wildman–Crippen MR) is 96.3 cm³/mol. The average molecular weight is 296 g/mol. The van der Waals surface area contributed by atoms with E-state index in [4.69, 9.17) is 0 Å². The Bertz CT molecular complexity index is 523. The fraction of sp³-hybridized carbons (Fsp3) is 0.222. The Labute approximate surface area is 129 Å². The van der Waals surface area contributed by atoms with Gasteiger partial charge >= 0.3 is 0 Å². The Morgan fingerprint density at radius 3 is 1.57 bits per heavy atom. The number of benzene rings is 2. The van der Waals surface area contributed by atoms with Gasteiger partial charge in [0, 0.05) is 11.4 Å².